The number of nitrogens with one attached hydrogen (secondary N) is 1. The molecule has 1 heterocycles. The van der Waals surface area contributed by atoms with Crippen molar-refractivity contribution in [3.63, 3.8) is 0 Å². The molecule has 21 heavy (non-hydrogen) atoms. The molecule has 1 amide bonds. The minimum atomic E-state index is 0.0533. The lowest BCUT2D eigenvalue weighted by atomic mass is 10.1. The zero-order valence-corrected chi connectivity index (χ0v) is 12.5. The van der Waals surface area contributed by atoms with Crippen LogP contribution < -0.4 is 10.1 Å². The van der Waals surface area contributed by atoms with Crippen LogP contribution >= 0.6 is 0 Å². The number of methoxy groups -OCH3 is 1. The minimum Gasteiger partial charge on any atom is -0.497 e. The lowest BCUT2D eigenvalue weighted by Crippen LogP contribution is -2.25. The maximum Gasteiger partial charge on any atom is 0.220 e. The largest absolute Gasteiger partial charge is 0.497 e. The number of rotatable bonds is 7. The Morgan fingerprint density at radius 3 is 2.52 bits per heavy atom. The van der Waals surface area contributed by atoms with Gasteiger partial charge in [0.05, 0.1) is 7.11 Å². The average Bonchev–Trinajstić information content (AvgIpc) is 2.91. The van der Waals surface area contributed by atoms with E-state index in [1.807, 2.05) is 43.3 Å². The quantitative estimate of drug-likeness (QED) is 0.852. The van der Waals surface area contributed by atoms with Crippen molar-refractivity contribution in [3.8, 4) is 5.75 Å². The van der Waals surface area contributed by atoms with Crippen molar-refractivity contribution >= 4 is 5.91 Å². The van der Waals surface area contributed by atoms with E-state index in [2.05, 4.69) is 5.32 Å². The molecule has 0 saturated heterocycles. The van der Waals surface area contributed by atoms with Gasteiger partial charge in [0.25, 0.3) is 0 Å². The van der Waals surface area contributed by atoms with E-state index in [9.17, 15) is 4.79 Å². The van der Waals surface area contributed by atoms with Crippen LogP contribution in [0.2, 0.25) is 0 Å². The molecule has 0 fully saturated rings. The number of carbonyl (C=O) groups is 1. The van der Waals surface area contributed by atoms with Crippen molar-refractivity contribution in [2.24, 2.45) is 0 Å². The number of furan rings is 1. The zero-order chi connectivity index (χ0) is 15.1. The van der Waals surface area contributed by atoms with Gasteiger partial charge in [0, 0.05) is 19.4 Å². The molecule has 0 aliphatic rings. The molecule has 2 aromatic rings. The van der Waals surface area contributed by atoms with E-state index in [4.69, 9.17) is 9.15 Å². The molecule has 0 atom stereocenters. The van der Waals surface area contributed by atoms with E-state index in [0.29, 0.717) is 19.4 Å². The molecule has 4 nitrogen and oxygen atoms in total. The second kappa shape index (κ2) is 7.53. The summed E-state index contributed by atoms with van der Waals surface area (Å²) in [5.41, 5.74) is 1.18. The molecular formula is C17H21NO3. The van der Waals surface area contributed by atoms with Crippen LogP contribution in [0.1, 0.15) is 23.5 Å². The van der Waals surface area contributed by atoms with Crippen LogP contribution in [0.4, 0.5) is 0 Å². The maximum atomic E-state index is 11.7. The van der Waals surface area contributed by atoms with Crippen molar-refractivity contribution in [1.82, 2.24) is 5.32 Å². The predicted molar refractivity (Wildman–Crippen MR) is 81.5 cm³/mol. The summed E-state index contributed by atoms with van der Waals surface area (Å²) < 4.78 is 10.5. The summed E-state index contributed by atoms with van der Waals surface area (Å²) in [7, 11) is 1.65. The lowest BCUT2D eigenvalue weighted by molar-refractivity contribution is -0.121. The van der Waals surface area contributed by atoms with E-state index in [-0.39, 0.29) is 5.91 Å². The zero-order valence-electron chi connectivity index (χ0n) is 12.5. The molecule has 1 aromatic heterocycles. The number of benzene rings is 1. The topological polar surface area (TPSA) is 51.5 Å². The second-order valence-electron chi connectivity index (χ2n) is 4.96. The standard InChI is InChI=1S/C17H21NO3/c1-13-3-6-16(21-13)9-10-17(19)18-12-11-14-4-7-15(20-2)8-5-14/h3-8H,9-12H2,1-2H3,(H,18,19). The van der Waals surface area contributed by atoms with E-state index < -0.39 is 0 Å². The Kier molecular flexibility index (Phi) is 5.43. The number of hydrogen-bond donors (Lipinski definition) is 1. The Balaban J connectivity index is 1.66. The van der Waals surface area contributed by atoms with Gasteiger partial charge in [-0.05, 0) is 43.2 Å². The lowest BCUT2D eigenvalue weighted by Gasteiger charge is -2.06. The van der Waals surface area contributed by atoms with E-state index >= 15 is 0 Å². The molecule has 1 aromatic carbocycles. The van der Waals surface area contributed by atoms with Crippen LogP contribution in [0.25, 0.3) is 0 Å². The summed E-state index contributed by atoms with van der Waals surface area (Å²) in [6.45, 7) is 2.54. The van der Waals surface area contributed by atoms with Crippen LogP contribution in [-0.4, -0.2) is 19.6 Å². The second-order valence-corrected chi connectivity index (χ2v) is 4.96. The number of hydrogen-bond acceptors (Lipinski definition) is 3. The molecule has 1 N–H and O–H groups in total. The molecule has 0 unspecified atom stereocenters. The number of aryl methyl sites for hydroxylation is 2. The Hall–Kier alpha value is -2.23. The summed E-state index contributed by atoms with van der Waals surface area (Å²) >= 11 is 0. The van der Waals surface area contributed by atoms with Gasteiger partial charge >= 0.3 is 0 Å². The fraction of sp³-hybridized carbons (Fsp3) is 0.353. The third kappa shape index (κ3) is 4.99. The Labute approximate surface area is 125 Å². The first-order valence-corrected chi connectivity index (χ1v) is 7.12. The number of carbonyl (C=O) groups excluding carboxylic acids is 1. The summed E-state index contributed by atoms with van der Waals surface area (Å²) in [5, 5.41) is 2.92. The Morgan fingerprint density at radius 1 is 1.14 bits per heavy atom. The Morgan fingerprint density at radius 2 is 1.90 bits per heavy atom. The maximum absolute atomic E-state index is 11.7. The summed E-state index contributed by atoms with van der Waals surface area (Å²) in [6.07, 6.45) is 1.91. The average molecular weight is 287 g/mol. The van der Waals surface area contributed by atoms with Crippen molar-refractivity contribution in [2.45, 2.75) is 26.2 Å². The fourth-order valence-corrected chi connectivity index (χ4v) is 2.08. The van der Waals surface area contributed by atoms with Gasteiger partial charge in [0.2, 0.25) is 5.91 Å². The SMILES string of the molecule is COc1ccc(CCNC(=O)CCc2ccc(C)o2)cc1. The molecule has 2 rings (SSSR count). The molecule has 0 aliphatic carbocycles. The van der Waals surface area contributed by atoms with Crippen LogP contribution in [-0.2, 0) is 17.6 Å². The summed E-state index contributed by atoms with van der Waals surface area (Å²) in [4.78, 5) is 11.7. The first-order chi connectivity index (χ1) is 10.2. The van der Waals surface area contributed by atoms with Gasteiger partial charge in [0.1, 0.15) is 17.3 Å². The number of ether oxygens (including phenoxy) is 1. The van der Waals surface area contributed by atoms with Gasteiger partial charge in [-0.15, -0.1) is 0 Å². The minimum absolute atomic E-state index is 0.0533. The third-order valence-electron chi connectivity index (χ3n) is 3.29. The van der Waals surface area contributed by atoms with Crippen molar-refractivity contribution in [1.29, 1.82) is 0 Å². The molecule has 112 valence electrons. The normalized spacial score (nSPS) is 10.4. The summed E-state index contributed by atoms with van der Waals surface area (Å²) in [6, 6.07) is 11.7. The first kappa shape index (κ1) is 15.2. The highest BCUT2D eigenvalue weighted by molar-refractivity contribution is 5.76. The van der Waals surface area contributed by atoms with Gasteiger partial charge in [-0.25, -0.2) is 0 Å². The predicted octanol–water partition coefficient (Wildman–Crippen LogP) is 2.89. The fourth-order valence-electron chi connectivity index (χ4n) is 2.08. The molecule has 0 spiro atoms. The van der Waals surface area contributed by atoms with Crippen LogP contribution in [0.5, 0.6) is 5.75 Å². The number of amides is 1. The Bertz CT molecular complexity index is 572. The molecular weight excluding hydrogens is 266 g/mol. The molecule has 0 radical (unpaired) electrons. The van der Waals surface area contributed by atoms with E-state index in [1.165, 1.54) is 5.56 Å². The highest BCUT2D eigenvalue weighted by atomic mass is 16.5. The van der Waals surface area contributed by atoms with Crippen LogP contribution in [0.15, 0.2) is 40.8 Å². The molecule has 0 saturated carbocycles. The molecule has 0 aliphatic heterocycles. The van der Waals surface area contributed by atoms with E-state index in [1.54, 1.807) is 7.11 Å². The van der Waals surface area contributed by atoms with Crippen molar-refractivity contribution in [3.05, 3.63) is 53.5 Å². The van der Waals surface area contributed by atoms with Crippen LogP contribution in [0.3, 0.4) is 0 Å². The smallest absolute Gasteiger partial charge is 0.220 e. The van der Waals surface area contributed by atoms with Gasteiger partial charge in [-0.1, -0.05) is 12.1 Å². The summed E-state index contributed by atoms with van der Waals surface area (Å²) in [5.74, 6) is 2.64. The molecule has 4 heteroatoms. The van der Waals surface area contributed by atoms with Gasteiger partial charge < -0.3 is 14.5 Å². The third-order valence-corrected chi connectivity index (χ3v) is 3.29. The highest BCUT2D eigenvalue weighted by Crippen LogP contribution is 2.11. The van der Waals surface area contributed by atoms with Crippen molar-refractivity contribution in [2.75, 3.05) is 13.7 Å². The van der Waals surface area contributed by atoms with E-state index in [0.717, 1.165) is 23.7 Å². The van der Waals surface area contributed by atoms with Gasteiger partial charge in [-0.2, -0.15) is 0 Å². The van der Waals surface area contributed by atoms with Gasteiger partial charge in [0.15, 0.2) is 0 Å². The monoisotopic (exact) mass is 287 g/mol. The first-order valence-electron chi connectivity index (χ1n) is 7.12. The van der Waals surface area contributed by atoms with Gasteiger partial charge in [-0.3, -0.25) is 4.79 Å². The highest BCUT2D eigenvalue weighted by Gasteiger charge is 2.04. The van der Waals surface area contributed by atoms with Crippen molar-refractivity contribution < 1.29 is 13.9 Å². The molecule has 0 bridgehead atoms. The van der Waals surface area contributed by atoms with Crippen LogP contribution in [0, 0.1) is 6.92 Å².